The molecule has 0 saturated carbocycles. The third-order valence-electron chi connectivity index (χ3n) is 3.37. The molecule has 1 atom stereocenters. The number of phenols is 1. The van der Waals surface area contributed by atoms with E-state index in [0.29, 0.717) is 12.4 Å². The van der Waals surface area contributed by atoms with Crippen molar-refractivity contribution in [3.8, 4) is 5.75 Å². The lowest BCUT2D eigenvalue weighted by Gasteiger charge is -2.28. The Bertz CT molecular complexity index is 465. The van der Waals surface area contributed by atoms with Crippen molar-refractivity contribution in [2.45, 2.75) is 65.9 Å². The first-order chi connectivity index (χ1) is 9.96. The quantitative estimate of drug-likeness (QED) is 0.765. The average molecular weight is 328 g/mol. The van der Waals surface area contributed by atoms with Crippen LogP contribution in [-0.4, -0.2) is 16.6 Å². The summed E-state index contributed by atoms with van der Waals surface area (Å²) in [5.74, 6) is 0.347. The van der Waals surface area contributed by atoms with E-state index >= 15 is 0 Å². The molecule has 5 heteroatoms. The Kier molecular flexibility index (Phi) is 6.40. The maximum absolute atomic E-state index is 10.6. The molecule has 0 radical (unpaired) electrons. The van der Waals surface area contributed by atoms with Crippen LogP contribution in [0.1, 0.15) is 65.2 Å². The molecular weight excluding hydrogens is 299 g/mol. The molecule has 0 amide bonds. The Morgan fingerprint density at radius 3 is 1.77 bits per heavy atom. The number of rotatable bonds is 5. The summed E-state index contributed by atoms with van der Waals surface area (Å²) in [4.78, 5) is 9.59. The van der Waals surface area contributed by atoms with E-state index in [-0.39, 0.29) is 17.4 Å². The van der Waals surface area contributed by atoms with Gasteiger partial charge in [-0.25, -0.2) is 0 Å². The van der Waals surface area contributed by atoms with E-state index in [1.165, 1.54) is 0 Å². The molecule has 0 bridgehead atoms. The highest BCUT2D eigenvalue weighted by molar-refractivity contribution is 7.40. The maximum Gasteiger partial charge on any atom is 0.330 e. The summed E-state index contributed by atoms with van der Waals surface area (Å²) in [6.07, 6.45) is 0. The SMILES string of the molecule is CCOP(O)OCc1cc(C(C)(C)C)c(O)c(C(C)(C)C)c1. The van der Waals surface area contributed by atoms with Crippen LogP contribution in [0.3, 0.4) is 0 Å². The van der Waals surface area contributed by atoms with Crippen molar-refractivity contribution in [1.82, 2.24) is 0 Å². The Labute approximate surface area is 135 Å². The Morgan fingerprint density at radius 2 is 1.41 bits per heavy atom. The molecule has 2 N–H and O–H groups in total. The number of benzene rings is 1. The standard InChI is InChI=1S/C17H29O4P/c1-8-20-22(19)21-11-12-9-13(16(2,3)4)15(18)14(10-12)17(5,6)7/h9-10,18-19H,8,11H2,1-7H3. The lowest BCUT2D eigenvalue weighted by molar-refractivity contribution is 0.200. The van der Waals surface area contributed by atoms with E-state index in [4.69, 9.17) is 9.05 Å². The van der Waals surface area contributed by atoms with Gasteiger partial charge in [0.05, 0.1) is 13.2 Å². The summed E-state index contributed by atoms with van der Waals surface area (Å²) in [6.45, 7) is 14.9. The third-order valence-corrected chi connectivity index (χ3v) is 4.20. The second-order valence-corrected chi connectivity index (χ2v) is 8.46. The van der Waals surface area contributed by atoms with Gasteiger partial charge in [0.25, 0.3) is 0 Å². The normalized spacial score (nSPS) is 14.2. The van der Waals surface area contributed by atoms with Crippen molar-refractivity contribution < 1.29 is 19.0 Å². The minimum absolute atomic E-state index is 0.177. The Hall–Kier alpha value is -0.670. The summed E-state index contributed by atoms with van der Waals surface area (Å²) in [5.41, 5.74) is 2.34. The van der Waals surface area contributed by atoms with Crippen LogP contribution in [0.4, 0.5) is 0 Å². The van der Waals surface area contributed by atoms with Crippen LogP contribution in [-0.2, 0) is 26.5 Å². The number of phenolic OH excluding ortho intramolecular Hbond substituents is 1. The predicted molar refractivity (Wildman–Crippen MR) is 91.1 cm³/mol. The maximum atomic E-state index is 10.6. The Balaban J connectivity index is 3.18. The fraction of sp³-hybridized carbons (Fsp3) is 0.647. The molecule has 1 rings (SSSR count). The molecule has 0 aromatic heterocycles. The zero-order valence-corrected chi connectivity index (χ0v) is 15.6. The van der Waals surface area contributed by atoms with Gasteiger partial charge in [0, 0.05) is 0 Å². The zero-order chi connectivity index (χ0) is 17.1. The van der Waals surface area contributed by atoms with E-state index in [1.807, 2.05) is 19.1 Å². The predicted octanol–water partition coefficient (Wildman–Crippen LogP) is 4.76. The number of hydrogen-bond donors (Lipinski definition) is 2. The first-order valence-corrected chi connectivity index (χ1v) is 8.71. The van der Waals surface area contributed by atoms with Gasteiger partial charge in [0.15, 0.2) is 0 Å². The second-order valence-electron chi connectivity index (χ2n) is 7.47. The van der Waals surface area contributed by atoms with Crippen molar-refractivity contribution >= 4 is 8.60 Å². The highest BCUT2D eigenvalue weighted by Crippen LogP contribution is 2.41. The summed E-state index contributed by atoms with van der Waals surface area (Å²) >= 11 is 0. The van der Waals surface area contributed by atoms with Gasteiger partial charge in [-0.3, -0.25) is 0 Å². The number of hydrogen-bond acceptors (Lipinski definition) is 4. The molecule has 0 heterocycles. The van der Waals surface area contributed by atoms with Gasteiger partial charge >= 0.3 is 8.60 Å². The molecule has 126 valence electrons. The summed E-state index contributed by atoms with van der Waals surface area (Å²) in [6, 6.07) is 3.89. The molecule has 22 heavy (non-hydrogen) atoms. The lowest BCUT2D eigenvalue weighted by Crippen LogP contribution is -2.18. The van der Waals surface area contributed by atoms with Crippen molar-refractivity contribution in [2.75, 3.05) is 6.61 Å². The highest BCUT2D eigenvalue weighted by atomic mass is 31.2. The van der Waals surface area contributed by atoms with Crippen LogP contribution in [0.2, 0.25) is 0 Å². The molecule has 0 spiro atoms. The molecule has 4 nitrogen and oxygen atoms in total. The van der Waals surface area contributed by atoms with Crippen LogP contribution < -0.4 is 0 Å². The van der Waals surface area contributed by atoms with Crippen molar-refractivity contribution in [3.05, 3.63) is 28.8 Å². The fourth-order valence-electron chi connectivity index (χ4n) is 2.20. The van der Waals surface area contributed by atoms with Gasteiger partial charge in [0.2, 0.25) is 0 Å². The van der Waals surface area contributed by atoms with Crippen LogP contribution in [0.25, 0.3) is 0 Å². The number of aromatic hydroxyl groups is 1. The summed E-state index contributed by atoms with van der Waals surface area (Å²) in [7, 11) is -1.85. The van der Waals surface area contributed by atoms with Crippen molar-refractivity contribution in [1.29, 1.82) is 0 Å². The molecule has 0 aliphatic rings. The molecule has 0 fully saturated rings. The largest absolute Gasteiger partial charge is 0.507 e. The molecular formula is C17H29O4P. The van der Waals surface area contributed by atoms with E-state index in [0.717, 1.165) is 16.7 Å². The molecule has 1 aromatic rings. The lowest BCUT2D eigenvalue weighted by atomic mass is 9.78. The van der Waals surface area contributed by atoms with Gasteiger partial charge in [-0.15, -0.1) is 0 Å². The van der Waals surface area contributed by atoms with Crippen LogP contribution in [0.15, 0.2) is 12.1 Å². The third kappa shape index (κ3) is 5.20. The monoisotopic (exact) mass is 328 g/mol. The summed E-state index contributed by atoms with van der Waals surface area (Å²) < 4.78 is 10.4. The molecule has 0 aliphatic heterocycles. The van der Waals surface area contributed by atoms with Gasteiger partial charge in [-0.1, -0.05) is 41.5 Å². The van der Waals surface area contributed by atoms with Crippen LogP contribution >= 0.6 is 8.60 Å². The van der Waals surface area contributed by atoms with Gasteiger partial charge in [-0.05, 0) is 46.6 Å². The van der Waals surface area contributed by atoms with Crippen molar-refractivity contribution in [2.24, 2.45) is 0 Å². The molecule has 1 unspecified atom stereocenters. The average Bonchev–Trinajstić information content (AvgIpc) is 2.35. The Morgan fingerprint density at radius 1 is 0.955 bits per heavy atom. The highest BCUT2D eigenvalue weighted by Gasteiger charge is 2.26. The van der Waals surface area contributed by atoms with Crippen LogP contribution in [0.5, 0.6) is 5.75 Å². The van der Waals surface area contributed by atoms with Gasteiger partial charge in [0.1, 0.15) is 5.75 Å². The van der Waals surface area contributed by atoms with E-state index in [9.17, 15) is 10.00 Å². The second kappa shape index (κ2) is 7.27. The van der Waals surface area contributed by atoms with E-state index in [1.54, 1.807) is 0 Å². The molecule has 0 aliphatic carbocycles. The van der Waals surface area contributed by atoms with Gasteiger partial charge in [-0.2, -0.15) is 0 Å². The minimum atomic E-state index is -1.85. The topological polar surface area (TPSA) is 58.9 Å². The van der Waals surface area contributed by atoms with Gasteiger partial charge < -0.3 is 19.0 Å². The zero-order valence-electron chi connectivity index (χ0n) is 14.7. The smallest absolute Gasteiger partial charge is 0.330 e. The first-order valence-electron chi connectivity index (χ1n) is 7.58. The van der Waals surface area contributed by atoms with Crippen molar-refractivity contribution in [3.63, 3.8) is 0 Å². The molecule has 1 aromatic carbocycles. The van der Waals surface area contributed by atoms with E-state index in [2.05, 4.69) is 41.5 Å². The minimum Gasteiger partial charge on any atom is -0.507 e. The first kappa shape index (κ1) is 19.4. The van der Waals surface area contributed by atoms with Crippen LogP contribution in [0, 0.1) is 0 Å². The summed E-state index contributed by atoms with van der Waals surface area (Å²) in [5, 5.41) is 10.6. The fourth-order valence-corrected chi connectivity index (χ4v) is 2.75. The van der Waals surface area contributed by atoms with E-state index < -0.39 is 8.60 Å². The molecule has 0 saturated heterocycles.